The van der Waals surface area contributed by atoms with E-state index >= 15 is 0 Å². The third-order valence-corrected chi connectivity index (χ3v) is 8.71. The number of para-hydroxylation sites is 1. The third-order valence-electron chi connectivity index (χ3n) is 6.31. The van der Waals surface area contributed by atoms with Gasteiger partial charge in [0, 0.05) is 10.8 Å². The van der Waals surface area contributed by atoms with Gasteiger partial charge in [-0.3, -0.25) is 14.4 Å². The largest absolute Gasteiger partial charge is 0.457 e. The number of benzene rings is 3. The Morgan fingerprint density at radius 2 is 1.60 bits per heavy atom. The highest BCUT2D eigenvalue weighted by Crippen LogP contribution is 2.53. The normalized spacial score (nSPS) is 21.1. The van der Waals surface area contributed by atoms with E-state index in [2.05, 4.69) is 4.98 Å². The molecule has 6 nitrogen and oxygen atoms in total. The SMILES string of the molecule is Cc1ccc(N2C(=O)[C@H]3[C@H](c4cccc(Oc5ccccc5)c4)c4sc(=O)[nH]c4S[C@H]3C2=O)cc1. The lowest BCUT2D eigenvalue weighted by molar-refractivity contribution is -0.122. The number of H-pyrrole nitrogens is 1. The van der Waals surface area contributed by atoms with E-state index < -0.39 is 17.1 Å². The van der Waals surface area contributed by atoms with Gasteiger partial charge in [0.15, 0.2) is 0 Å². The Morgan fingerprint density at radius 1 is 0.857 bits per heavy atom. The number of nitrogens with zero attached hydrogens (tertiary/aromatic N) is 1. The van der Waals surface area contributed by atoms with Gasteiger partial charge in [0.1, 0.15) is 16.7 Å². The molecule has 0 radical (unpaired) electrons. The van der Waals surface area contributed by atoms with Crippen molar-refractivity contribution < 1.29 is 14.3 Å². The predicted octanol–water partition coefficient (Wildman–Crippen LogP) is 5.33. The first-order valence-corrected chi connectivity index (χ1v) is 12.9. The summed E-state index contributed by atoms with van der Waals surface area (Å²) in [6, 6.07) is 24.4. The molecule has 3 atom stereocenters. The van der Waals surface area contributed by atoms with E-state index in [1.54, 1.807) is 12.1 Å². The lowest BCUT2D eigenvalue weighted by atomic mass is 9.83. The number of hydrogen-bond acceptors (Lipinski definition) is 6. The number of carbonyl (C=O) groups excluding carboxylic acids is 2. The molecular formula is C27H20N2O4S2. The van der Waals surface area contributed by atoms with Crippen LogP contribution in [0.1, 0.15) is 21.9 Å². The molecule has 2 aliphatic heterocycles. The first-order chi connectivity index (χ1) is 17.0. The van der Waals surface area contributed by atoms with Crippen molar-refractivity contribution in [2.75, 3.05) is 4.90 Å². The van der Waals surface area contributed by atoms with Gasteiger partial charge < -0.3 is 9.72 Å². The molecule has 1 saturated heterocycles. The van der Waals surface area contributed by atoms with E-state index in [4.69, 9.17) is 4.74 Å². The van der Waals surface area contributed by atoms with E-state index in [0.29, 0.717) is 22.2 Å². The fourth-order valence-electron chi connectivity index (χ4n) is 4.72. The average Bonchev–Trinajstić information content (AvgIpc) is 3.35. The first kappa shape index (κ1) is 21.9. The summed E-state index contributed by atoms with van der Waals surface area (Å²) in [6.45, 7) is 1.96. The fraction of sp³-hybridized carbons (Fsp3) is 0.148. The number of hydrogen-bond donors (Lipinski definition) is 1. The standard InChI is InChI=1S/C27H20N2O4S2/c1-15-10-12-17(13-11-15)29-25(30)21-20(22-24(28-27(32)35-22)34-23(21)26(29)31)16-6-5-9-19(14-16)33-18-7-3-2-4-8-18/h2-14,20-21,23H,1H3,(H,28,32)/t20-,21-,23+/m0/s1. The van der Waals surface area contributed by atoms with Crippen LogP contribution in [0, 0.1) is 12.8 Å². The number of aromatic amines is 1. The van der Waals surface area contributed by atoms with E-state index in [1.807, 2.05) is 73.7 Å². The van der Waals surface area contributed by atoms with E-state index in [9.17, 15) is 14.4 Å². The number of carbonyl (C=O) groups is 2. The Labute approximate surface area is 209 Å². The van der Waals surface area contributed by atoms with Gasteiger partial charge in [-0.1, -0.05) is 71.1 Å². The molecule has 0 saturated carbocycles. The number of anilines is 1. The number of imide groups is 1. The number of thiazole rings is 1. The molecule has 1 N–H and O–H groups in total. The van der Waals surface area contributed by atoms with Gasteiger partial charge in [0.2, 0.25) is 11.8 Å². The Hall–Kier alpha value is -3.62. The van der Waals surface area contributed by atoms with Crippen LogP contribution in [0.4, 0.5) is 5.69 Å². The van der Waals surface area contributed by atoms with E-state index in [-0.39, 0.29) is 16.7 Å². The van der Waals surface area contributed by atoms with Crippen molar-refractivity contribution in [3.63, 3.8) is 0 Å². The van der Waals surface area contributed by atoms with Crippen LogP contribution in [0.25, 0.3) is 0 Å². The van der Waals surface area contributed by atoms with Gasteiger partial charge in [0.05, 0.1) is 16.6 Å². The molecule has 0 aliphatic carbocycles. The lowest BCUT2D eigenvalue weighted by Crippen LogP contribution is -2.32. The zero-order chi connectivity index (χ0) is 24.1. The molecule has 0 unspecified atom stereocenters. The molecule has 8 heteroatoms. The number of amides is 2. The molecule has 0 spiro atoms. The molecule has 6 rings (SSSR count). The van der Waals surface area contributed by atoms with Crippen LogP contribution < -0.4 is 14.5 Å². The highest BCUT2D eigenvalue weighted by atomic mass is 32.2. The van der Waals surface area contributed by atoms with Gasteiger partial charge in [-0.2, -0.15) is 0 Å². The summed E-state index contributed by atoms with van der Waals surface area (Å²) in [5, 5.41) is 0.0396. The number of aromatic nitrogens is 1. The van der Waals surface area contributed by atoms with Crippen molar-refractivity contribution in [2.24, 2.45) is 5.92 Å². The Kier molecular flexibility index (Phi) is 5.35. The van der Waals surface area contributed by atoms with E-state index in [0.717, 1.165) is 27.3 Å². The number of nitrogens with one attached hydrogen (secondary N) is 1. The van der Waals surface area contributed by atoms with Crippen molar-refractivity contribution >= 4 is 40.6 Å². The lowest BCUT2D eigenvalue weighted by Gasteiger charge is -2.30. The van der Waals surface area contributed by atoms with Gasteiger partial charge in [-0.15, -0.1) is 0 Å². The maximum absolute atomic E-state index is 13.8. The van der Waals surface area contributed by atoms with E-state index in [1.165, 1.54) is 16.7 Å². The number of aryl methyl sites for hydroxylation is 1. The van der Waals surface area contributed by atoms with Crippen LogP contribution >= 0.6 is 23.1 Å². The van der Waals surface area contributed by atoms with Crippen LogP contribution in [0.2, 0.25) is 0 Å². The Balaban J connectivity index is 1.43. The molecule has 35 heavy (non-hydrogen) atoms. The molecule has 3 aromatic carbocycles. The minimum absolute atomic E-state index is 0.195. The molecule has 1 aromatic heterocycles. The molecule has 2 amide bonds. The van der Waals surface area contributed by atoms with Gasteiger partial charge in [0.25, 0.3) is 0 Å². The summed E-state index contributed by atoms with van der Waals surface area (Å²) in [7, 11) is 0. The summed E-state index contributed by atoms with van der Waals surface area (Å²) in [6.07, 6.45) is 0. The van der Waals surface area contributed by atoms with Crippen LogP contribution in [-0.2, 0) is 9.59 Å². The number of thioether (sulfide) groups is 1. The molecule has 174 valence electrons. The quantitative estimate of drug-likeness (QED) is 0.383. The van der Waals surface area contributed by atoms with Crippen molar-refractivity contribution in [2.45, 2.75) is 23.1 Å². The second-order valence-electron chi connectivity index (χ2n) is 8.58. The number of rotatable bonds is 4. The highest BCUT2D eigenvalue weighted by Gasteiger charge is 2.56. The Bertz CT molecular complexity index is 1490. The van der Waals surface area contributed by atoms with Crippen LogP contribution in [-0.4, -0.2) is 22.0 Å². The second-order valence-corrected chi connectivity index (χ2v) is 10.8. The van der Waals surface area contributed by atoms with Crippen molar-refractivity contribution in [1.82, 2.24) is 4.98 Å². The summed E-state index contributed by atoms with van der Waals surface area (Å²) in [5.74, 6) is -0.243. The zero-order valence-electron chi connectivity index (χ0n) is 18.6. The van der Waals surface area contributed by atoms with Crippen molar-refractivity contribution in [3.05, 3.63) is 105 Å². The Morgan fingerprint density at radius 3 is 2.37 bits per heavy atom. The number of ether oxygens (including phenoxy) is 1. The molecule has 1 fully saturated rings. The smallest absolute Gasteiger partial charge is 0.305 e. The molecule has 0 bridgehead atoms. The molecule has 4 aromatic rings. The maximum atomic E-state index is 13.8. The maximum Gasteiger partial charge on any atom is 0.305 e. The van der Waals surface area contributed by atoms with Gasteiger partial charge in [-0.25, -0.2) is 4.90 Å². The summed E-state index contributed by atoms with van der Waals surface area (Å²) in [5.41, 5.74) is 2.45. The van der Waals surface area contributed by atoms with Gasteiger partial charge >= 0.3 is 4.87 Å². The topological polar surface area (TPSA) is 79.5 Å². The van der Waals surface area contributed by atoms with Crippen LogP contribution in [0.15, 0.2) is 88.7 Å². The molecule has 3 heterocycles. The van der Waals surface area contributed by atoms with Crippen LogP contribution in [0.5, 0.6) is 11.5 Å². The zero-order valence-corrected chi connectivity index (χ0v) is 20.3. The number of fused-ring (bicyclic) bond motifs is 2. The van der Waals surface area contributed by atoms with Gasteiger partial charge in [-0.05, 0) is 48.9 Å². The average molecular weight is 501 g/mol. The summed E-state index contributed by atoms with van der Waals surface area (Å²) >= 11 is 2.38. The second kappa shape index (κ2) is 8.55. The summed E-state index contributed by atoms with van der Waals surface area (Å²) < 4.78 is 6.03. The predicted molar refractivity (Wildman–Crippen MR) is 137 cm³/mol. The van der Waals surface area contributed by atoms with Crippen LogP contribution in [0.3, 0.4) is 0 Å². The molecular weight excluding hydrogens is 480 g/mol. The highest BCUT2D eigenvalue weighted by molar-refractivity contribution is 8.00. The third kappa shape index (κ3) is 3.79. The first-order valence-electron chi connectivity index (χ1n) is 11.2. The minimum Gasteiger partial charge on any atom is -0.457 e. The monoisotopic (exact) mass is 500 g/mol. The van der Waals surface area contributed by atoms with Crippen molar-refractivity contribution in [3.8, 4) is 11.5 Å². The van der Waals surface area contributed by atoms with Crippen molar-refractivity contribution in [1.29, 1.82) is 0 Å². The molecule has 2 aliphatic rings. The minimum atomic E-state index is -0.625. The summed E-state index contributed by atoms with van der Waals surface area (Å²) in [4.78, 5) is 44.3. The fourth-order valence-corrected chi connectivity index (χ4v) is 7.24.